The fourth-order valence-corrected chi connectivity index (χ4v) is 5.89. The molecule has 4 aromatic carbocycles. The monoisotopic (exact) mass is 541 g/mol. The minimum atomic E-state index is -2.22. The summed E-state index contributed by atoms with van der Waals surface area (Å²) >= 11 is 0. The van der Waals surface area contributed by atoms with Crippen LogP contribution in [0.1, 0.15) is 48.5 Å². The van der Waals surface area contributed by atoms with E-state index in [1.807, 2.05) is 34.4 Å². The molecule has 5 heteroatoms. The highest BCUT2D eigenvalue weighted by atomic mass is 16.8. The van der Waals surface area contributed by atoms with Crippen molar-refractivity contribution in [3.8, 4) is 5.82 Å². The summed E-state index contributed by atoms with van der Waals surface area (Å²) < 4.78 is 26.0. The average Bonchev–Trinajstić information content (AvgIpc) is 3.57. The summed E-state index contributed by atoms with van der Waals surface area (Å²) in [6.45, 7) is 6.47. The third-order valence-electron chi connectivity index (χ3n) is 8.15. The van der Waals surface area contributed by atoms with Crippen molar-refractivity contribution in [2.24, 2.45) is 0 Å². The number of anilines is 3. The van der Waals surface area contributed by atoms with Crippen LogP contribution in [0.5, 0.6) is 0 Å². The van der Waals surface area contributed by atoms with Gasteiger partial charge < -0.3 is 0 Å². The molecule has 1 aliphatic rings. The van der Waals surface area contributed by atoms with Gasteiger partial charge in [-0.15, -0.1) is 4.94 Å². The van der Waals surface area contributed by atoms with Crippen LogP contribution in [0.2, 0.25) is 0 Å². The lowest BCUT2D eigenvalue weighted by molar-refractivity contribution is 0.112. The molecule has 0 amide bonds. The predicted octanol–water partition coefficient (Wildman–Crippen LogP) is 9.03. The van der Waals surface area contributed by atoms with Gasteiger partial charge in [-0.1, -0.05) is 68.4 Å². The van der Waals surface area contributed by atoms with Crippen LogP contribution >= 0.6 is 0 Å². The Labute approximate surface area is 245 Å². The number of fused-ring (bicyclic) bond motifs is 4. The summed E-state index contributed by atoms with van der Waals surface area (Å²) in [5.41, 5.74) is 7.14. The summed E-state index contributed by atoms with van der Waals surface area (Å²) in [7, 11) is 0. The molecular weight excluding hydrogens is 504 g/mol. The highest BCUT2D eigenvalue weighted by Gasteiger charge is 2.32. The Morgan fingerprint density at radius 2 is 1.51 bits per heavy atom. The standard InChI is InChI=1S/C36H34N4O/c1-24(2)39-32-15-8-9-16-33(32)40(41-39)28-12-10-11-26(22-28)36(4,5)27-17-18-30-29-13-6-7-14-31(29)38(34(30)23-27)35-21-25(3)19-20-37-35/h6-24H,1-5H3/i3D3. The number of rotatable bonds is 5. The Morgan fingerprint density at radius 3 is 2.34 bits per heavy atom. The second-order valence-electron chi connectivity index (χ2n) is 11.4. The maximum atomic E-state index is 7.96. The number of aryl methyl sites for hydroxylation is 1. The van der Waals surface area contributed by atoms with E-state index in [4.69, 9.17) is 9.05 Å². The molecular formula is C36H34N4O. The van der Waals surface area contributed by atoms with Gasteiger partial charge >= 0.3 is 0 Å². The number of pyridine rings is 1. The van der Waals surface area contributed by atoms with E-state index in [0.29, 0.717) is 5.82 Å². The minimum absolute atomic E-state index is 0.175. The molecule has 0 unspecified atom stereocenters. The van der Waals surface area contributed by atoms with Crippen molar-refractivity contribution in [1.82, 2.24) is 9.55 Å². The van der Waals surface area contributed by atoms with Gasteiger partial charge in [0.15, 0.2) is 0 Å². The molecule has 41 heavy (non-hydrogen) atoms. The second-order valence-corrected chi connectivity index (χ2v) is 11.4. The third kappa shape index (κ3) is 4.08. The van der Waals surface area contributed by atoms with Crippen LogP contribution in [0.15, 0.2) is 109 Å². The van der Waals surface area contributed by atoms with Crippen LogP contribution < -0.4 is 10.1 Å². The number of benzene rings is 4. The van der Waals surface area contributed by atoms with E-state index in [2.05, 4.69) is 104 Å². The number of hydroxylamine groups is 1. The zero-order valence-corrected chi connectivity index (χ0v) is 23.7. The van der Waals surface area contributed by atoms with Crippen molar-refractivity contribution in [3.63, 3.8) is 0 Å². The molecule has 0 N–H and O–H groups in total. The number of hydrogen-bond acceptors (Lipinski definition) is 4. The molecule has 7 rings (SSSR count). The van der Waals surface area contributed by atoms with E-state index >= 15 is 0 Å². The lowest BCUT2D eigenvalue weighted by Crippen LogP contribution is -2.31. The van der Waals surface area contributed by atoms with Crippen molar-refractivity contribution in [2.75, 3.05) is 10.1 Å². The van der Waals surface area contributed by atoms with Crippen molar-refractivity contribution < 1.29 is 9.05 Å². The number of para-hydroxylation sites is 3. The van der Waals surface area contributed by atoms with Crippen LogP contribution in [-0.4, -0.2) is 15.6 Å². The second kappa shape index (κ2) is 9.50. The van der Waals surface area contributed by atoms with Gasteiger partial charge in [0, 0.05) is 26.5 Å². The van der Waals surface area contributed by atoms with Crippen LogP contribution in [0.25, 0.3) is 27.6 Å². The fraction of sp³-hybridized carbons (Fsp3) is 0.194. The number of hydrogen-bond donors (Lipinski definition) is 0. The van der Waals surface area contributed by atoms with Gasteiger partial charge in [0.05, 0.1) is 34.1 Å². The summed E-state index contributed by atoms with van der Waals surface area (Å²) in [4.78, 5) is 11.0. The van der Waals surface area contributed by atoms with Crippen LogP contribution in [-0.2, 0) is 10.4 Å². The number of aromatic nitrogens is 2. The third-order valence-corrected chi connectivity index (χ3v) is 8.15. The maximum absolute atomic E-state index is 7.96. The van der Waals surface area contributed by atoms with Crippen molar-refractivity contribution in [3.05, 3.63) is 126 Å². The first-order chi connectivity index (χ1) is 21.0. The molecule has 0 aliphatic carbocycles. The lowest BCUT2D eigenvalue weighted by atomic mass is 9.77. The van der Waals surface area contributed by atoms with Gasteiger partial charge in [-0.25, -0.2) is 10.0 Å². The zero-order valence-electron chi connectivity index (χ0n) is 26.7. The Bertz CT molecular complexity index is 2030. The first-order valence-electron chi connectivity index (χ1n) is 15.5. The quantitative estimate of drug-likeness (QED) is 0.218. The van der Waals surface area contributed by atoms with Crippen molar-refractivity contribution in [2.45, 2.75) is 46.0 Å². The van der Waals surface area contributed by atoms with Crippen LogP contribution in [0.4, 0.5) is 17.1 Å². The molecule has 6 aromatic rings. The Hall–Kier alpha value is -4.61. The SMILES string of the molecule is [2H]C([2H])([2H])c1ccnc(-n2c3ccccc3c3ccc(C(C)(C)c4cccc(N5ON(C(C)C)c6ccccc65)c4)cc32)c1. The van der Waals surface area contributed by atoms with E-state index in [9.17, 15) is 0 Å². The normalized spacial score (nSPS) is 14.9. The van der Waals surface area contributed by atoms with Crippen LogP contribution in [0.3, 0.4) is 0 Å². The van der Waals surface area contributed by atoms with E-state index in [-0.39, 0.29) is 17.0 Å². The molecule has 0 spiro atoms. The van der Waals surface area contributed by atoms with Gasteiger partial charge in [0.1, 0.15) is 5.82 Å². The molecule has 2 aromatic heterocycles. The Kier molecular flexibility index (Phi) is 5.12. The summed E-state index contributed by atoms with van der Waals surface area (Å²) in [5.74, 6) is 0.585. The highest BCUT2D eigenvalue weighted by Crippen LogP contribution is 2.44. The van der Waals surface area contributed by atoms with Gasteiger partial charge in [-0.3, -0.25) is 4.57 Å². The molecule has 5 nitrogen and oxygen atoms in total. The average molecular weight is 542 g/mol. The Morgan fingerprint density at radius 1 is 0.756 bits per heavy atom. The van der Waals surface area contributed by atoms with E-state index in [1.165, 1.54) is 0 Å². The smallest absolute Gasteiger partial charge is 0.137 e. The fourth-order valence-electron chi connectivity index (χ4n) is 5.89. The predicted molar refractivity (Wildman–Crippen MR) is 169 cm³/mol. The zero-order chi connectivity index (χ0) is 30.8. The molecule has 0 saturated heterocycles. The maximum Gasteiger partial charge on any atom is 0.137 e. The van der Waals surface area contributed by atoms with E-state index < -0.39 is 6.85 Å². The van der Waals surface area contributed by atoms with Crippen molar-refractivity contribution in [1.29, 1.82) is 0 Å². The molecule has 0 fully saturated rings. The topological polar surface area (TPSA) is 33.5 Å². The summed E-state index contributed by atoms with van der Waals surface area (Å²) in [6, 6.07) is 34.9. The van der Waals surface area contributed by atoms with Crippen LogP contribution in [0, 0.1) is 6.85 Å². The largest absolute Gasteiger partial charge is 0.294 e. The van der Waals surface area contributed by atoms with E-state index in [0.717, 1.165) is 50.0 Å². The number of nitrogens with zero attached hydrogens (tertiary/aromatic N) is 4. The summed E-state index contributed by atoms with van der Waals surface area (Å²) in [6.07, 6.45) is 1.58. The molecule has 3 heterocycles. The molecule has 0 atom stereocenters. The van der Waals surface area contributed by atoms with Gasteiger partial charge in [0.25, 0.3) is 0 Å². The summed E-state index contributed by atoms with van der Waals surface area (Å²) in [5, 5.41) is 6.02. The van der Waals surface area contributed by atoms with Crippen molar-refractivity contribution >= 4 is 38.9 Å². The molecule has 0 bridgehead atoms. The lowest BCUT2D eigenvalue weighted by Gasteiger charge is -2.28. The molecule has 204 valence electrons. The van der Waals surface area contributed by atoms with Gasteiger partial charge in [-0.2, -0.15) is 5.06 Å². The first-order valence-corrected chi connectivity index (χ1v) is 14.0. The highest BCUT2D eigenvalue weighted by molar-refractivity contribution is 6.09. The minimum Gasteiger partial charge on any atom is -0.294 e. The van der Waals surface area contributed by atoms with Gasteiger partial charge in [0.2, 0.25) is 0 Å². The molecule has 0 radical (unpaired) electrons. The molecule has 1 aliphatic heterocycles. The van der Waals surface area contributed by atoms with Gasteiger partial charge in [-0.05, 0) is 85.9 Å². The first kappa shape index (κ1) is 22.1. The van der Waals surface area contributed by atoms with E-state index in [1.54, 1.807) is 18.3 Å². The Balaban J connectivity index is 1.34. The molecule has 0 saturated carbocycles.